The van der Waals surface area contributed by atoms with Gasteiger partial charge in [-0.3, -0.25) is 5.32 Å². The SMILES string of the molecule is COC(=O)Nc1nc2ccc(OS(=O)(=O)c3ccccc3Br)cc2[nH]1. The molecule has 130 valence electrons. The number of carbonyl (C=O) groups excluding carboxylic acids is 1. The smallest absolute Gasteiger partial charge is 0.413 e. The Morgan fingerprint density at radius 2 is 2.00 bits per heavy atom. The van der Waals surface area contributed by atoms with Gasteiger partial charge in [0.1, 0.15) is 10.6 Å². The fraction of sp³-hybridized carbons (Fsp3) is 0.0667. The van der Waals surface area contributed by atoms with Crippen LogP contribution in [-0.2, 0) is 14.9 Å². The number of aromatic nitrogens is 2. The van der Waals surface area contributed by atoms with Gasteiger partial charge in [0.05, 0.1) is 18.1 Å². The molecule has 0 bridgehead atoms. The molecule has 0 aliphatic carbocycles. The van der Waals surface area contributed by atoms with Crippen LogP contribution in [0.4, 0.5) is 10.7 Å². The number of nitrogens with zero attached hydrogens (tertiary/aromatic N) is 1. The number of amides is 1. The Morgan fingerprint density at radius 3 is 2.72 bits per heavy atom. The molecule has 8 nitrogen and oxygen atoms in total. The Bertz CT molecular complexity index is 1050. The third-order valence-electron chi connectivity index (χ3n) is 3.17. The highest BCUT2D eigenvalue weighted by molar-refractivity contribution is 9.10. The lowest BCUT2D eigenvalue weighted by atomic mass is 10.3. The van der Waals surface area contributed by atoms with Gasteiger partial charge in [-0.05, 0) is 40.2 Å². The molecule has 0 aliphatic heterocycles. The Labute approximate surface area is 151 Å². The summed E-state index contributed by atoms with van der Waals surface area (Å²) in [5.74, 6) is 0.282. The number of hydrogen-bond donors (Lipinski definition) is 2. The molecule has 3 aromatic rings. The molecule has 0 spiro atoms. The van der Waals surface area contributed by atoms with Gasteiger partial charge in [-0.2, -0.15) is 8.42 Å². The molecule has 0 aliphatic rings. The van der Waals surface area contributed by atoms with Crippen LogP contribution in [0.5, 0.6) is 5.75 Å². The van der Waals surface area contributed by atoms with E-state index >= 15 is 0 Å². The first kappa shape index (κ1) is 17.2. The average molecular weight is 426 g/mol. The minimum atomic E-state index is -4.00. The second-order valence-corrected chi connectivity index (χ2v) is 7.22. The number of hydrogen-bond acceptors (Lipinski definition) is 6. The van der Waals surface area contributed by atoms with Gasteiger partial charge in [0.2, 0.25) is 5.95 Å². The second-order valence-electron chi connectivity index (χ2n) is 4.85. The maximum Gasteiger partial charge on any atom is 0.413 e. The van der Waals surface area contributed by atoms with Crippen LogP contribution in [-0.4, -0.2) is 31.6 Å². The average Bonchev–Trinajstić information content (AvgIpc) is 2.96. The van der Waals surface area contributed by atoms with Gasteiger partial charge in [-0.15, -0.1) is 0 Å². The highest BCUT2D eigenvalue weighted by atomic mass is 79.9. The minimum Gasteiger partial charge on any atom is -0.453 e. The number of methoxy groups -OCH3 is 1. The molecular weight excluding hydrogens is 414 g/mol. The van der Waals surface area contributed by atoms with Crippen molar-refractivity contribution in [1.82, 2.24) is 9.97 Å². The van der Waals surface area contributed by atoms with Crippen molar-refractivity contribution in [3.8, 4) is 5.75 Å². The van der Waals surface area contributed by atoms with Crippen LogP contribution < -0.4 is 9.50 Å². The maximum atomic E-state index is 12.4. The number of imidazole rings is 1. The summed E-state index contributed by atoms with van der Waals surface area (Å²) in [6.45, 7) is 0. The van der Waals surface area contributed by atoms with Crippen molar-refractivity contribution in [3.63, 3.8) is 0 Å². The van der Waals surface area contributed by atoms with Crippen molar-refractivity contribution in [1.29, 1.82) is 0 Å². The van der Waals surface area contributed by atoms with Crippen molar-refractivity contribution in [2.75, 3.05) is 12.4 Å². The molecule has 10 heteroatoms. The lowest BCUT2D eigenvalue weighted by Gasteiger charge is -2.08. The fourth-order valence-corrected chi connectivity index (χ4v) is 3.94. The van der Waals surface area contributed by atoms with Gasteiger partial charge in [-0.25, -0.2) is 9.78 Å². The van der Waals surface area contributed by atoms with E-state index in [0.717, 1.165) is 0 Å². The van der Waals surface area contributed by atoms with E-state index in [1.54, 1.807) is 24.3 Å². The molecule has 0 radical (unpaired) electrons. The lowest BCUT2D eigenvalue weighted by molar-refractivity contribution is 0.186. The normalized spacial score (nSPS) is 11.3. The van der Waals surface area contributed by atoms with Gasteiger partial charge >= 0.3 is 16.2 Å². The first-order valence-electron chi connectivity index (χ1n) is 6.93. The van der Waals surface area contributed by atoms with Crippen LogP contribution in [0.2, 0.25) is 0 Å². The third-order valence-corrected chi connectivity index (χ3v) is 5.43. The summed E-state index contributed by atoms with van der Waals surface area (Å²) in [5.41, 5.74) is 1.02. The zero-order chi connectivity index (χ0) is 18.0. The van der Waals surface area contributed by atoms with E-state index in [-0.39, 0.29) is 16.6 Å². The van der Waals surface area contributed by atoms with E-state index in [1.807, 2.05) is 0 Å². The molecule has 1 heterocycles. The number of H-pyrrole nitrogens is 1. The number of anilines is 1. The predicted molar refractivity (Wildman–Crippen MR) is 94.1 cm³/mol. The summed E-state index contributed by atoms with van der Waals surface area (Å²) in [6, 6.07) is 10.9. The summed E-state index contributed by atoms with van der Waals surface area (Å²) in [7, 11) is -2.77. The predicted octanol–water partition coefficient (Wildman–Crippen LogP) is 3.27. The Hall–Kier alpha value is -2.59. The zero-order valence-electron chi connectivity index (χ0n) is 12.8. The van der Waals surface area contributed by atoms with Crippen LogP contribution in [0.15, 0.2) is 51.8 Å². The largest absolute Gasteiger partial charge is 0.453 e. The maximum absolute atomic E-state index is 12.4. The molecule has 0 fully saturated rings. The minimum absolute atomic E-state index is 0.0211. The molecule has 0 saturated heterocycles. The number of rotatable bonds is 4. The van der Waals surface area contributed by atoms with Crippen molar-refractivity contribution < 1.29 is 22.1 Å². The second kappa shape index (κ2) is 6.73. The van der Waals surface area contributed by atoms with Gasteiger partial charge in [0, 0.05) is 10.5 Å². The number of carbonyl (C=O) groups is 1. The van der Waals surface area contributed by atoms with Gasteiger partial charge in [0.25, 0.3) is 0 Å². The van der Waals surface area contributed by atoms with Crippen LogP contribution >= 0.6 is 15.9 Å². The number of aromatic amines is 1. The third kappa shape index (κ3) is 3.74. The van der Waals surface area contributed by atoms with Crippen molar-refractivity contribution in [2.24, 2.45) is 0 Å². The van der Waals surface area contributed by atoms with E-state index < -0.39 is 16.2 Å². The Balaban J connectivity index is 1.89. The van der Waals surface area contributed by atoms with Crippen LogP contribution in [0.3, 0.4) is 0 Å². The summed E-state index contributed by atoms with van der Waals surface area (Å²) >= 11 is 3.19. The highest BCUT2D eigenvalue weighted by Gasteiger charge is 2.20. The molecule has 0 saturated carbocycles. The molecule has 2 N–H and O–H groups in total. The number of ether oxygens (including phenoxy) is 1. The van der Waals surface area contributed by atoms with E-state index in [1.165, 1.54) is 25.3 Å². The topological polar surface area (TPSA) is 110 Å². The van der Waals surface area contributed by atoms with Gasteiger partial charge < -0.3 is 13.9 Å². The van der Waals surface area contributed by atoms with E-state index in [4.69, 9.17) is 4.18 Å². The van der Waals surface area contributed by atoms with E-state index in [2.05, 4.69) is 36.0 Å². The molecule has 0 unspecified atom stereocenters. The van der Waals surface area contributed by atoms with Gasteiger partial charge in [-0.1, -0.05) is 12.1 Å². The van der Waals surface area contributed by atoms with Crippen LogP contribution in [0, 0.1) is 0 Å². The molecule has 1 amide bonds. The lowest BCUT2D eigenvalue weighted by Crippen LogP contribution is -2.11. The fourth-order valence-electron chi connectivity index (χ4n) is 2.07. The molecule has 1 aromatic heterocycles. The summed E-state index contributed by atoms with van der Waals surface area (Å²) in [4.78, 5) is 18.2. The monoisotopic (exact) mass is 425 g/mol. The summed E-state index contributed by atoms with van der Waals surface area (Å²) < 4.78 is 34.8. The van der Waals surface area contributed by atoms with Crippen molar-refractivity contribution in [2.45, 2.75) is 4.90 Å². The van der Waals surface area contributed by atoms with Crippen LogP contribution in [0.25, 0.3) is 11.0 Å². The summed E-state index contributed by atoms with van der Waals surface area (Å²) in [5, 5.41) is 2.39. The number of nitrogens with one attached hydrogen (secondary N) is 2. The van der Waals surface area contributed by atoms with E-state index in [9.17, 15) is 13.2 Å². The molecule has 25 heavy (non-hydrogen) atoms. The molecule has 2 aromatic carbocycles. The van der Waals surface area contributed by atoms with Crippen LogP contribution in [0.1, 0.15) is 0 Å². The molecular formula is C15H12BrN3O5S. The van der Waals surface area contributed by atoms with Crippen molar-refractivity contribution >= 4 is 49.1 Å². The Morgan fingerprint density at radius 1 is 1.24 bits per heavy atom. The first-order chi connectivity index (χ1) is 11.9. The number of fused-ring (bicyclic) bond motifs is 1. The zero-order valence-corrected chi connectivity index (χ0v) is 15.2. The Kier molecular flexibility index (Phi) is 4.64. The van der Waals surface area contributed by atoms with Crippen molar-refractivity contribution in [3.05, 3.63) is 46.9 Å². The van der Waals surface area contributed by atoms with E-state index in [0.29, 0.717) is 15.5 Å². The quantitative estimate of drug-likeness (QED) is 0.620. The molecule has 0 atom stereocenters. The number of halogens is 1. The standard InChI is InChI=1S/C15H12BrN3O5S/c1-23-15(20)19-14-17-11-7-6-9(8-12(11)18-14)24-25(21,22)13-5-3-2-4-10(13)16/h2-8H,1H3,(H2,17,18,19,20). The van der Waals surface area contributed by atoms with Gasteiger partial charge in [0.15, 0.2) is 0 Å². The number of benzene rings is 2. The first-order valence-corrected chi connectivity index (χ1v) is 9.13. The molecule has 3 rings (SSSR count). The summed E-state index contributed by atoms with van der Waals surface area (Å²) in [6.07, 6.45) is -0.674. The highest BCUT2D eigenvalue weighted by Crippen LogP contribution is 2.27.